The Morgan fingerprint density at radius 3 is 2.33 bits per heavy atom. The molecule has 0 saturated heterocycles. The molecule has 6 nitrogen and oxygen atoms in total. The molecule has 30 heavy (non-hydrogen) atoms. The standard InChI is InChI=1S/C23H29N3O3S/c1-4-25-21-14-11-18(24-30(28,29)20-12-9-16(2)10-13-20)15-22(21)26(17(3)23(25)27)19-7-5-6-8-19/h9-15,17,19,24H,4-8H2,1-3H3. The molecule has 2 aliphatic rings. The van der Waals surface area contributed by atoms with E-state index in [-0.39, 0.29) is 16.8 Å². The third-order valence-corrected chi connectivity index (χ3v) is 7.60. The van der Waals surface area contributed by atoms with E-state index in [4.69, 9.17) is 0 Å². The number of hydrogen-bond acceptors (Lipinski definition) is 4. The van der Waals surface area contributed by atoms with E-state index in [1.165, 1.54) is 0 Å². The quantitative estimate of drug-likeness (QED) is 0.772. The van der Waals surface area contributed by atoms with Gasteiger partial charge in [-0.05, 0) is 63.9 Å². The zero-order valence-corrected chi connectivity index (χ0v) is 18.6. The van der Waals surface area contributed by atoms with Gasteiger partial charge in [-0.15, -0.1) is 0 Å². The fourth-order valence-electron chi connectivity index (χ4n) is 4.65. The fourth-order valence-corrected chi connectivity index (χ4v) is 5.70. The molecular weight excluding hydrogens is 398 g/mol. The van der Waals surface area contributed by atoms with E-state index in [2.05, 4.69) is 9.62 Å². The molecule has 0 bridgehead atoms. The minimum absolute atomic E-state index is 0.102. The Balaban J connectivity index is 1.72. The lowest BCUT2D eigenvalue weighted by atomic mass is 10.0. The van der Waals surface area contributed by atoms with Crippen molar-refractivity contribution in [3.63, 3.8) is 0 Å². The van der Waals surface area contributed by atoms with Crippen LogP contribution in [0.5, 0.6) is 0 Å². The van der Waals surface area contributed by atoms with Crippen LogP contribution in [0.25, 0.3) is 0 Å². The normalized spacial score (nSPS) is 19.8. The van der Waals surface area contributed by atoms with Crippen LogP contribution < -0.4 is 14.5 Å². The lowest BCUT2D eigenvalue weighted by Crippen LogP contribution is -2.55. The summed E-state index contributed by atoms with van der Waals surface area (Å²) < 4.78 is 28.4. The number of carbonyl (C=O) groups excluding carboxylic acids is 1. The maximum absolute atomic E-state index is 13.0. The second kappa shape index (κ2) is 7.95. The van der Waals surface area contributed by atoms with Gasteiger partial charge in [-0.25, -0.2) is 8.42 Å². The van der Waals surface area contributed by atoms with Gasteiger partial charge in [0, 0.05) is 12.6 Å². The Morgan fingerprint density at radius 2 is 1.70 bits per heavy atom. The summed E-state index contributed by atoms with van der Waals surface area (Å²) in [6.45, 7) is 6.43. The van der Waals surface area contributed by atoms with E-state index in [1.807, 2.05) is 32.9 Å². The van der Waals surface area contributed by atoms with Crippen molar-refractivity contribution < 1.29 is 13.2 Å². The summed E-state index contributed by atoms with van der Waals surface area (Å²) in [5.41, 5.74) is 3.30. The highest BCUT2D eigenvalue weighted by molar-refractivity contribution is 7.92. The van der Waals surface area contributed by atoms with Crippen molar-refractivity contribution >= 4 is 33.0 Å². The van der Waals surface area contributed by atoms with Crippen LogP contribution in [0.1, 0.15) is 45.1 Å². The van der Waals surface area contributed by atoms with Crippen molar-refractivity contribution in [1.82, 2.24) is 0 Å². The predicted molar refractivity (Wildman–Crippen MR) is 121 cm³/mol. The molecule has 1 heterocycles. The third-order valence-electron chi connectivity index (χ3n) is 6.20. The molecular formula is C23H29N3O3S. The lowest BCUT2D eigenvalue weighted by Gasteiger charge is -2.44. The molecule has 1 fully saturated rings. The number of nitrogens with zero attached hydrogens (tertiary/aromatic N) is 2. The molecule has 7 heteroatoms. The summed E-state index contributed by atoms with van der Waals surface area (Å²) in [6, 6.07) is 12.3. The van der Waals surface area contributed by atoms with E-state index < -0.39 is 10.0 Å². The van der Waals surface area contributed by atoms with Crippen LogP contribution in [0, 0.1) is 6.92 Å². The Kier molecular flexibility index (Phi) is 5.49. The number of hydrogen-bond donors (Lipinski definition) is 1. The van der Waals surface area contributed by atoms with Crippen LogP contribution in [0.15, 0.2) is 47.4 Å². The first-order chi connectivity index (χ1) is 14.3. The molecule has 4 rings (SSSR count). The maximum atomic E-state index is 13.0. The van der Waals surface area contributed by atoms with Crippen LogP contribution in [0.4, 0.5) is 17.1 Å². The average molecular weight is 428 g/mol. The Morgan fingerprint density at radius 1 is 1.03 bits per heavy atom. The van der Waals surface area contributed by atoms with Gasteiger partial charge < -0.3 is 9.80 Å². The SMILES string of the molecule is CCN1C(=O)C(C)N(C2CCCC2)c2cc(NS(=O)(=O)c3ccc(C)cc3)ccc21. The smallest absolute Gasteiger partial charge is 0.261 e. The first-order valence-corrected chi connectivity index (χ1v) is 12.1. The summed E-state index contributed by atoms with van der Waals surface area (Å²) in [5, 5.41) is 0. The Bertz CT molecular complexity index is 1040. The number of sulfonamides is 1. The molecule has 1 unspecified atom stereocenters. The van der Waals surface area contributed by atoms with Gasteiger partial charge in [-0.1, -0.05) is 30.5 Å². The molecule has 1 aliphatic carbocycles. The fraction of sp³-hybridized carbons (Fsp3) is 0.435. The maximum Gasteiger partial charge on any atom is 0.261 e. The highest BCUT2D eigenvalue weighted by atomic mass is 32.2. The average Bonchev–Trinajstić information content (AvgIpc) is 3.23. The Labute approximate surface area is 178 Å². The minimum Gasteiger partial charge on any atom is -0.355 e. The zero-order chi connectivity index (χ0) is 21.5. The van der Waals surface area contributed by atoms with Gasteiger partial charge >= 0.3 is 0 Å². The highest BCUT2D eigenvalue weighted by Crippen LogP contribution is 2.42. The number of anilines is 3. The molecule has 2 aromatic carbocycles. The molecule has 1 N–H and O–H groups in total. The van der Waals surface area contributed by atoms with E-state index >= 15 is 0 Å². The number of amides is 1. The van der Waals surface area contributed by atoms with Crippen LogP contribution in [-0.2, 0) is 14.8 Å². The minimum atomic E-state index is -3.69. The van der Waals surface area contributed by atoms with Crippen molar-refractivity contribution in [3.05, 3.63) is 48.0 Å². The van der Waals surface area contributed by atoms with Crippen molar-refractivity contribution in [2.75, 3.05) is 21.1 Å². The van der Waals surface area contributed by atoms with Gasteiger partial charge in [0.05, 0.1) is 22.0 Å². The molecule has 0 aromatic heterocycles. The molecule has 1 saturated carbocycles. The summed E-state index contributed by atoms with van der Waals surface area (Å²) in [4.78, 5) is 17.2. The number of nitrogens with one attached hydrogen (secondary N) is 1. The number of benzene rings is 2. The molecule has 0 spiro atoms. The number of carbonyl (C=O) groups is 1. The van der Waals surface area contributed by atoms with Gasteiger partial charge in [0.15, 0.2) is 0 Å². The number of fused-ring (bicyclic) bond motifs is 1. The second-order valence-corrected chi connectivity index (χ2v) is 9.91. The van der Waals surface area contributed by atoms with Gasteiger partial charge in [0.25, 0.3) is 10.0 Å². The van der Waals surface area contributed by atoms with E-state index in [0.717, 1.165) is 42.6 Å². The molecule has 2 aromatic rings. The van der Waals surface area contributed by atoms with Crippen molar-refractivity contribution in [2.24, 2.45) is 0 Å². The first-order valence-electron chi connectivity index (χ1n) is 10.6. The summed E-state index contributed by atoms with van der Waals surface area (Å²) in [6.07, 6.45) is 4.44. The molecule has 160 valence electrons. The zero-order valence-electron chi connectivity index (χ0n) is 17.8. The molecule has 1 aliphatic heterocycles. The summed E-state index contributed by atoms with van der Waals surface area (Å²) in [7, 11) is -3.69. The number of aryl methyl sites for hydroxylation is 1. The predicted octanol–water partition coefficient (Wildman–Crippen LogP) is 4.30. The first kappa shape index (κ1) is 20.7. The van der Waals surface area contributed by atoms with Crippen LogP contribution in [-0.4, -0.2) is 33.0 Å². The second-order valence-electron chi connectivity index (χ2n) is 8.23. The molecule has 0 radical (unpaired) electrons. The number of likely N-dealkylation sites (N-methyl/N-ethyl adjacent to an activating group) is 1. The van der Waals surface area contributed by atoms with Gasteiger partial charge in [-0.2, -0.15) is 0 Å². The number of rotatable bonds is 5. The van der Waals surface area contributed by atoms with Gasteiger partial charge in [-0.3, -0.25) is 9.52 Å². The van der Waals surface area contributed by atoms with Crippen molar-refractivity contribution in [3.8, 4) is 0 Å². The van der Waals surface area contributed by atoms with Crippen LogP contribution in [0.3, 0.4) is 0 Å². The molecule has 1 atom stereocenters. The van der Waals surface area contributed by atoms with E-state index in [9.17, 15) is 13.2 Å². The topological polar surface area (TPSA) is 69.7 Å². The van der Waals surface area contributed by atoms with Crippen LogP contribution in [0.2, 0.25) is 0 Å². The largest absolute Gasteiger partial charge is 0.355 e. The van der Waals surface area contributed by atoms with Crippen molar-refractivity contribution in [1.29, 1.82) is 0 Å². The Hall–Kier alpha value is -2.54. The van der Waals surface area contributed by atoms with E-state index in [0.29, 0.717) is 18.3 Å². The van der Waals surface area contributed by atoms with Crippen LogP contribution >= 0.6 is 0 Å². The summed E-state index contributed by atoms with van der Waals surface area (Å²) in [5.74, 6) is 0.102. The molecule has 1 amide bonds. The third kappa shape index (κ3) is 3.67. The summed E-state index contributed by atoms with van der Waals surface area (Å²) >= 11 is 0. The van der Waals surface area contributed by atoms with Gasteiger partial charge in [0.1, 0.15) is 6.04 Å². The monoisotopic (exact) mass is 427 g/mol. The highest BCUT2D eigenvalue weighted by Gasteiger charge is 2.39. The van der Waals surface area contributed by atoms with E-state index in [1.54, 1.807) is 35.2 Å². The van der Waals surface area contributed by atoms with Gasteiger partial charge in [0.2, 0.25) is 5.91 Å². The van der Waals surface area contributed by atoms with Crippen molar-refractivity contribution in [2.45, 2.75) is 63.4 Å². The lowest BCUT2D eigenvalue weighted by molar-refractivity contribution is -0.119.